The van der Waals surface area contributed by atoms with E-state index in [2.05, 4.69) is 31.3 Å². The third-order valence-corrected chi connectivity index (χ3v) is 21.6. The Balaban J connectivity index is 3.30. The van der Waals surface area contributed by atoms with Crippen LogP contribution in [0.4, 0.5) is 0 Å². The van der Waals surface area contributed by atoms with Crippen molar-refractivity contribution in [3.8, 4) is 0 Å². The fourth-order valence-corrected chi connectivity index (χ4v) is 14.8. The van der Waals surface area contributed by atoms with Gasteiger partial charge in [-0.3, -0.25) is 9.59 Å². The number of esters is 1. The molecular formula is C90H177NO5. The molecule has 0 fully saturated rings. The quantitative estimate of drug-likeness (QED) is 0.0320. The zero-order chi connectivity index (χ0) is 69.1. The fraction of sp³-hybridized carbons (Fsp3) is 0.956. The Kier molecular flexibility index (Phi) is 84.8. The van der Waals surface area contributed by atoms with Crippen LogP contribution in [-0.4, -0.2) is 47.4 Å². The van der Waals surface area contributed by atoms with Crippen LogP contribution in [0.2, 0.25) is 0 Å². The second kappa shape index (κ2) is 86.0. The second-order valence-electron chi connectivity index (χ2n) is 31.3. The van der Waals surface area contributed by atoms with E-state index in [9.17, 15) is 19.8 Å². The number of aliphatic hydroxyl groups excluding tert-OH is 2. The zero-order valence-electron chi connectivity index (χ0n) is 65.9. The Labute approximate surface area is 603 Å². The molecule has 0 aliphatic heterocycles. The smallest absolute Gasteiger partial charge is 0.305 e. The van der Waals surface area contributed by atoms with Gasteiger partial charge >= 0.3 is 5.97 Å². The minimum atomic E-state index is -0.661. The molecule has 0 aromatic rings. The van der Waals surface area contributed by atoms with Crippen LogP contribution >= 0.6 is 0 Å². The van der Waals surface area contributed by atoms with Crippen molar-refractivity contribution in [2.75, 3.05) is 13.2 Å². The Morgan fingerprint density at radius 3 is 0.740 bits per heavy atom. The highest BCUT2D eigenvalue weighted by Gasteiger charge is 2.20. The van der Waals surface area contributed by atoms with Gasteiger partial charge in [0.25, 0.3) is 0 Å². The molecule has 0 radical (unpaired) electrons. The third kappa shape index (κ3) is 81.6. The number of allylic oxidation sites excluding steroid dienone is 2. The lowest BCUT2D eigenvalue weighted by molar-refractivity contribution is -0.143. The standard InChI is InChI=1S/C90H177NO5/c1-3-5-7-9-11-13-15-17-19-21-23-24-25-41-44-47-50-54-58-62-66-70-74-78-82-88(93)87(86-92)91-89(94)83-79-75-71-67-63-59-55-51-48-45-42-39-37-35-33-31-29-27-26-28-30-32-34-36-38-40-43-46-49-53-57-61-65-69-73-77-81-85-96-90(95)84-80-76-72-68-64-60-56-52-22-20-18-16-14-12-10-8-6-4-2/h20,22,87-88,92-93H,3-19,21,23-86H2,1-2H3,(H,91,94)/b22-20-. The summed E-state index contributed by atoms with van der Waals surface area (Å²) in [6.45, 7) is 5.02. The predicted molar refractivity (Wildman–Crippen MR) is 426 cm³/mol. The molecule has 0 aliphatic carbocycles. The van der Waals surface area contributed by atoms with E-state index in [1.54, 1.807) is 0 Å². The molecule has 0 aromatic heterocycles. The summed E-state index contributed by atoms with van der Waals surface area (Å²) in [4.78, 5) is 24.7. The summed E-state index contributed by atoms with van der Waals surface area (Å²) in [5, 5.41) is 23.5. The number of carbonyl (C=O) groups excluding carboxylic acids is 2. The summed E-state index contributed by atoms with van der Waals surface area (Å²) in [7, 11) is 0. The van der Waals surface area contributed by atoms with Crippen LogP contribution in [0, 0.1) is 0 Å². The number of rotatable bonds is 86. The molecule has 0 rings (SSSR count). The van der Waals surface area contributed by atoms with E-state index in [1.165, 1.54) is 456 Å². The number of amides is 1. The van der Waals surface area contributed by atoms with Crippen molar-refractivity contribution in [1.82, 2.24) is 5.32 Å². The molecule has 0 aliphatic rings. The van der Waals surface area contributed by atoms with Gasteiger partial charge < -0.3 is 20.3 Å². The van der Waals surface area contributed by atoms with Crippen LogP contribution < -0.4 is 5.32 Å². The van der Waals surface area contributed by atoms with E-state index in [4.69, 9.17) is 4.74 Å². The molecule has 3 N–H and O–H groups in total. The van der Waals surface area contributed by atoms with Gasteiger partial charge in [0.15, 0.2) is 0 Å². The van der Waals surface area contributed by atoms with Crippen LogP contribution in [0.3, 0.4) is 0 Å². The average Bonchev–Trinajstić information content (AvgIpc) is 2.88. The van der Waals surface area contributed by atoms with Gasteiger partial charge in [0, 0.05) is 12.8 Å². The molecule has 0 aromatic carbocycles. The summed E-state index contributed by atoms with van der Waals surface area (Å²) < 4.78 is 5.52. The minimum absolute atomic E-state index is 0.0220. The number of hydrogen-bond acceptors (Lipinski definition) is 5. The normalized spacial score (nSPS) is 12.4. The van der Waals surface area contributed by atoms with E-state index >= 15 is 0 Å². The largest absolute Gasteiger partial charge is 0.466 e. The molecule has 6 nitrogen and oxygen atoms in total. The first-order valence-electron chi connectivity index (χ1n) is 44.9. The van der Waals surface area contributed by atoms with Gasteiger partial charge in [0.1, 0.15) is 0 Å². The lowest BCUT2D eigenvalue weighted by Crippen LogP contribution is -2.45. The topological polar surface area (TPSA) is 95.9 Å². The first-order valence-corrected chi connectivity index (χ1v) is 44.9. The van der Waals surface area contributed by atoms with Crippen molar-refractivity contribution in [1.29, 1.82) is 0 Å². The maximum atomic E-state index is 12.6. The van der Waals surface area contributed by atoms with Gasteiger partial charge in [-0.25, -0.2) is 0 Å². The maximum absolute atomic E-state index is 12.6. The predicted octanol–water partition coefficient (Wildman–Crippen LogP) is 30.2. The van der Waals surface area contributed by atoms with Gasteiger partial charge in [-0.05, 0) is 51.4 Å². The Hall–Kier alpha value is -1.40. The van der Waals surface area contributed by atoms with Crippen LogP contribution in [0.5, 0.6) is 0 Å². The highest BCUT2D eigenvalue weighted by molar-refractivity contribution is 5.76. The maximum Gasteiger partial charge on any atom is 0.305 e. The van der Waals surface area contributed by atoms with Crippen LogP contribution in [0.15, 0.2) is 12.2 Å². The van der Waals surface area contributed by atoms with Crippen LogP contribution in [0.25, 0.3) is 0 Å². The molecule has 0 bridgehead atoms. The Morgan fingerprint density at radius 2 is 0.490 bits per heavy atom. The minimum Gasteiger partial charge on any atom is -0.466 e. The number of nitrogens with one attached hydrogen (secondary N) is 1. The molecule has 572 valence electrons. The summed E-state index contributed by atoms with van der Waals surface area (Å²) in [5.74, 6) is -0.000324. The second-order valence-corrected chi connectivity index (χ2v) is 31.3. The lowest BCUT2D eigenvalue weighted by Gasteiger charge is -2.22. The van der Waals surface area contributed by atoms with Gasteiger partial charge in [0.05, 0.1) is 25.4 Å². The number of aliphatic hydroxyl groups is 2. The summed E-state index contributed by atoms with van der Waals surface area (Å²) in [6.07, 6.45) is 111. The summed E-state index contributed by atoms with van der Waals surface area (Å²) in [6, 6.07) is -0.538. The van der Waals surface area contributed by atoms with Crippen molar-refractivity contribution in [3.05, 3.63) is 12.2 Å². The highest BCUT2D eigenvalue weighted by atomic mass is 16.5. The molecule has 0 heterocycles. The third-order valence-electron chi connectivity index (χ3n) is 21.6. The average molecular weight is 1350 g/mol. The number of hydrogen-bond donors (Lipinski definition) is 3. The SMILES string of the molecule is CCCCCCCCC/C=C\CCCCCCCCCC(=O)OCCCCCCCCCCCCCCCCCCCCCCCCCCCCCCCCCCCCCCCC(=O)NC(CO)C(O)CCCCCCCCCCCCCCCCCCCCCCCCCC. The fourth-order valence-electron chi connectivity index (χ4n) is 14.8. The lowest BCUT2D eigenvalue weighted by atomic mass is 10.0. The van der Waals surface area contributed by atoms with Crippen molar-refractivity contribution in [2.45, 2.75) is 540 Å². The van der Waals surface area contributed by atoms with E-state index in [-0.39, 0.29) is 18.5 Å². The summed E-state index contributed by atoms with van der Waals surface area (Å²) >= 11 is 0. The summed E-state index contributed by atoms with van der Waals surface area (Å²) in [5.41, 5.74) is 0. The molecule has 0 saturated carbocycles. The van der Waals surface area contributed by atoms with Crippen molar-refractivity contribution in [2.24, 2.45) is 0 Å². The van der Waals surface area contributed by atoms with E-state index < -0.39 is 12.1 Å². The van der Waals surface area contributed by atoms with Crippen molar-refractivity contribution >= 4 is 11.9 Å². The molecule has 96 heavy (non-hydrogen) atoms. The first-order chi connectivity index (χ1) is 47.5. The number of ether oxygens (including phenoxy) is 1. The van der Waals surface area contributed by atoms with Crippen molar-refractivity contribution < 1.29 is 24.5 Å². The van der Waals surface area contributed by atoms with Crippen LogP contribution in [0.1, 0.15) is 528 Å². The van der Waals surface area contributed by atoms with Gasteiger partial charge in [-0.1, -0.05) is 475 Å². The molecule has 6 heteroatoms. The van der Waals surface area contributed by atoms with Crippen LogP contribution in [-0.2, 0) is 14.3 Å². The van der Waals surface area contributed by atoms with E-state index in [1.807, 2.05) is 0 Å². The molecule has 1 amide bonds. The monoisotopic (exact) mass is 1350 g/mol. The van der Waals surface area contributed by atoms with Crippen molar-refractivity contribution in [3.63, 3.8) is 0 Å². The first kappa shape index (κ1) is 94.6. The number of carbonyl (C=O) groups is 2. The van der Waals surface area contributed by atoms with Gasteiger partial charge in [-0.15, -0.1) is 0 Å². The molecular weight excluding hydrogens is 1170 g/mol. The molecule has 2 unspecified atom stereocenters. The van der Waals surface area contributed by atoms with E-state index in [0.717, 1.165) is 38.5 Å². The van der Waals surface area contributed by atoms with E-state index in [0.29, 0.717) is 25.9 Å². The molecule has 0 spiro atoms. The van der Waals surface area contributed by atoms with Gasteiger partial charge in [-0.2, -0.15) is 0 Å². The van der Waals surface area contributed by atoms with Gasteiger partial charge in [0.2, 0.25) is 5.91 Å². The molecule has 0 saturated heterocycles. The zero-order valence-corrected chi connectivity index (χ0v) is 65.9. The Bertz CT molecular complexity index is 1470. The Morgan fingerprint density at radius 1 is 0.281 bits per heavy atom. The molecule has 2 atom stereocenters. The highest BCUT2D eigenvalue weighted by Crippen LogP contribution is 2.22. The number of unbranched alkanes of at least 4 members (excludes halogenated alkanes) is 73.